The van der Waals surface area contributed by atoms with Gasteiger partial charge in [-0.2, -0.15) is 0 Å². The molecule has 0 bridgehead atoms. The van der Waals surface area contributed by atoms with Crippen molar-refractivity contribution < 1.29 is 22.0 Å². The first-order valence-electron chi connectivity index (χ1n) is 8.23. The second-order valence-corrected chi connectivity index (χ2v) is 8.83. The third-order valence-corrected chi connectivity index (χ3v) is 5.28. The van der Waals surface area contributed by atoms with Crippen molar-refractivity contribution in [3.8, 4) is 11.7 Å². The number of carbonyl (C=O) groups excluding carboxylic acids is 1. The lowest BCUT2D eigenvalue weighted by atomic mass is 10.2. The first kappa shape index (κ1) is 17.7. The molecule has 0 N–H and O–H groups in total. The van der Waals surface area contributed by atoms with Crippen LogP contribution in [-0.4, -0.2) is 48.3 Å². The SMILES string of the molecule is Cc1oc(-c2ccco2)nc1CC(=O)N(C(C)CS(C)(=O)=O)C1CC1. The van der Waals surface area contributed by atoms with E-state index in [9.17, 15) is 13.2 Å². The summed E-state index contributed by atoms with van der Waals surface area (Å²) < 4.78 is 34.0. The highest BCUT2D eigenvalue weighted by molar-refractivity contribution is 7.90. The van der Waals surface area contributed by atoms with Crippen molar-refractivity contribution in [3.63, 3.8) is 0 Å². The summed E-state index contributed by atoms with van der Waals surface area (Å²) in [5, 5.41) is 0. The fraction of sp³-hybridized carbons (Fsp3) is 0.529. The lowest BCUT2D eigenvalue weighted by Gasteiger charge is -2.28. The summed E-state index contributed by atoms with van der Waals surface area (Å²) in [5.74, 6) is 1.25. The van der Waals surface area contributed by atoms with Gasteiger partial charge in [0.2, 0.25) is 5.91 Å². The maximum Gasteiger partial charge on any atom is 0.263 e. The Kier molecular flexibility index (Phi) is 4.73. The van der Waals surface area contributed by atoms with Crippen LogP contribution in [0.5, 0.6) is 0 Å². The smallest absolute Gasteiger partial charge is 0.263 e. The Balaban J connectivity index is 1.76. The quantitative estimate of drug-likeness (QED) is 0.746. The lowest BCUT2D eigenvalue weighted by molar-refractivity contribution is -0.132. The van der Waals surface area contributed by atoms with Crippen molar-refractivity contribution in [1.82, 2.24) is 9.88 Å². The molecular weight excluding hydrogens is 344 g/mol. The van der Waals surface area contributed by atoms with E-state index in [1.54, 1.807) is 30.9 Å². The Morgan fingerprint density at radius 3 is 2.72 bits per heavy atom. The molecule has 0 radical (unpaired) electrons. The minimum Gasteiger partial charge on any atom is -0.459 e. The van der Waals surface area contributed by atoms with Crippen molar-refractivity contribution in [1.29, 1.82) is 0 Å². The highest BCUT2D eigenvalue weighted by atomic mass is 32.2. The van der Waals surface area contributed by atoms with Gasteiger partial charge in [-0.3, -0.25) is 4.79 Å². The highest BCUT2D eigenvalue weighted by Crippen LogP contribution is 2.30. The molecule has 1 saturated carbocycles. The molecule has 1 unspecified atom stereocenters. The zero-order valence-electron chi connectivity index (χ0n) is 14.6. The summed E-state index contributed by atoms with van der Waals surface area (Å²) >= 11 is 0. The minimum atomic E-state index is -3.15. The summed E-state index contributed by atoms with van der Waals surface area (Å²) in [6, 6.07) is 3.25. The number of hydrogen-bond donors (Lipinski definition) is 0. The van der Waals surface area contributed by atoms with E-state index < -0.39 is 9.84 Å². The normalized spacial score (nSPS) is 16.0. The van der Waals surface area contributed by atoms with E-state index in [4.69, 9.17) is 8.83 Å². The third-order valence-electron chi connectivity index (χ3n) is 4.19. The van der Waals surface area contributed by atoms with E-state index in [1.165, 1.54) is 12.5 Å². The first-order valence-corrected chi connectivity index (χ1v) is 10.3. The van der Waals surface area contributed by atoms with E-state index in [-0.39, 0.29) is 30.2 Å². The van der Waals surface area contributed by atoms with Crippen LogP contribution in [0.3, 0.4) is 0 Å². The van der Waals surface area contributed by atoms with Gasteiger partial charge in [0.15, 0.2) is 5.76 Å². The van der Waals surface area contributed by atoms with E-state index >= 15 is 0 Å². The molecule has 136 valence electrons. The van der Waals surface area contributed by atoms with Crippen molar-refractivity contribution in [2.45, 2.75) is 45.2 Å². The summed E-state index contributed by atoms with van der Waals surface area (Å²) in [4.78, 5) is 18.9. The monoisotopic (exact) mass is 366 g/mol. The van der Waals surface area contributed by atoms with E-state index in [1.807, 2.05) is 0 Å². The van der Waals surface area contributed by atoms with Gasteiger partial charge in [0.1, 0.15) is 15.6 Å². The van der Waals surface area contributed by atoms with Gasteiger partial charge < -0.3 is 13.7 Å². The number of oxazole rings is 1. The first-order chi connectivity index (χ1) is 11.7. The second-order valence-electron chi connectivity index (χ2n) is 6.65. The molecule has 0 aliphatic heterocycles. The average Bonchev–Trinajstić information content (AvgIpc) is 3.03. The predicted octanol–water partition coefficient (Wildman–Crippen LogP) is 2.21. The molecule has 7 nitrogen and oxygen atoms in total. The number of furan rings is 1. The Labute approximate surface area is 146 Å². The topological polar surface area (TPSA) is 93.6 Å². The maximum absolute atomic E-state index is 12.8. The Hall–Kier alpha value is -2.09. The van der Waals surface area contributed by atoms with Crippen LogP contribution >= 0.6 is 0 Å². The van der Waals surface area contributed by atoms with Gasteiger partial charge in [-0.25, -0.2) is 13.4 Å². The molecule has 1 amide bonds. The highest BCUT2D eigenvalue weighted by Gasteiger charge is 2.37. The fourth-order valence-electron chi connectivity index (χ4n) is 3.01. The largest absolute Gasteiger partial charge is 0.459 e. The van der Waals surface area contributed by atoms with Crippen LogP contribution in [0.25, 0.3) is 11.7 Å². The Morgan fingerprint density at radius 2 is 2.16 bits per heavy atom. The van der Waals surface area contributed by atoms with Gasteiger partial charge in [-0.05, 0) is 38.8 Å². The maximum atomic E-state index is 12.8. The van der Waals surface area contributed by atoms with Crippen molar-refractivity contribution in [2.75, 3.05) is 12.0 Å². The molecule has 0 spiro atoms. The van der Waals surface area contributed by atoms with Crippen LogP contribution in [0, 0.1) is 6.92 Å². The number of aryl methyl sites for hydroxylation is 1. The van der Waals surface area contributed by atoms with Crippen molar-refractivity contribution in [3.05, 3.63) is 29.9 Å². The van der Waals surface area contributed by atoms with E-state index in [0.717, 1.165) is 12.8 Å². The number of hydrogen-bond acceptors (Lipinski definition) is 6. The number of nitrogens with zero attached hydrogens (tertiary/aromatic N) is 2. The zero-order chi connectivity index (χ0) is 18.2. The standard InChI is InChI=1S/C17H22N2O5S/c1-11(10-25(3,21)22)19(13-6-7-13)16(20)9-14-12(2)24-17(18-14)15-5-4-8-23-15/h4-5,8,11,13H,6-7,9-10H2,1-3H3. The van der Waals surface area contributed by atoms with Crippen LogP contribution in [0.1, 0.15) is 31.2 Å². The average molecular weight is 366 g/mol. The van der Waals surface area contributed by atoms with Gasteiger partial charge in [-0.15, -0.1) is 0 Å². The van der Waals surface area contributed by atoms with E-state index in [0.29, 0.717) is 23.1 Å². The molecule has 1 aliphatic carbocycles. The Morgan fingerprint density at radius 1 is 1.44 bits per heavy atom. The molecule has 3 rings (SSSR count). The fourth-order valence-corrected chi connectivity index (χ4v) is 4.05. The molecule has 1 fully saturated rings. The number of amides is 1. The van der Waals surface area contributed by atoms with E-state index in [2.05, 4.69) is 4.98 Å². The van der Waals surface area contributed by atoms with Crippen LogP contribution in [0.15, 0.2) is 27.2 Å². The van der Waals surface area contributed by atoms with Crippen LogP contribution < -0.4 is 0 Å². The molecular formula is C17H22N2O5S. The molecule has 0 saturated heterocycles. The molecule has 2 aromatic rings. The number of rotatable bonds is 7. The Bertz CT molecular complexity index is 850. The molecule has 8 heteroatoms. The van der Waals surface area contributed by atoms with Crippen molar-refractivity contribution in [2.24, 2.45) is 0 Å². The molecule has 1 atom stereocenters. The second kappa shape index (κ2) is 6.67. The minimum absolute atomic E-state index is 0.0370. The third kappa shape index (κ3) is 4.31. The molecule has 25 heavy (non-hydrogen) atoms. The van der Waals surface area contributed by atoms with Crippen LogP contribution in [0.2, 0.25) is 0 Å². The molecule has 2 aromatic heterocycles. The predicted molar refractivity (Wildman–Crippen MR) is 91.7 cm³/mol. The summed E-state index contributed by atoms with van der Waals surface area (Å²) in [6.45, 7) is 3.53. The van der Waals surface area contributed by atoms with Crippen molar-refractivity contribution >= 4 is 15.7 Å². The van der Waals surface area contributed by atoms with Gasteiger partial charge in [0.25, 0.3) is 5.89 Å². The van der Waals surface area contributed by atoms with Gasteiger partial charge in [-0.1, -0.05) is 0 Å². The lowest BCUT2D eigenvalue weighted by Crippen LogP contribution is -2.44. The molecule has 2 heterocycles. The van der Waals surface area contributed by atoms with Crippen LogP contribution in [-0.2, 0) is 21.1 Å². The van der Waals surface area contributed by atoms with Crippen LogP contribution in [0.4, 0.5) is 0 Å². The number of carbonyl (C=O) groups is 1. The summed E-state index contributed by atoms with van der Waals surface area (Å²) in [6.07, 6.45) is 4.63. The van der Waals surface area contributed by atoms with Gasteiger partial charge in [0.05, 0.1) is 24.1 Å². The summed E-state index contributed by atoms with van der Waals surface area (Å²) in [7, 11) is -3.15. The zero-order valence-corrected chi connectivity index (χ0v) is 15.4. The molecule has 0 aromatic carbocycles. The number of aromatic nitrogens is 1. The number of sulfone groups is 1. The van der Waals surface area contributed by atoms with Gasteiger partial charge >= 0.3 is 0 Å². The van der Waals surface area contributed by atoms with Gasteiger partial charge in [0, 0.05) is 18.3 Å². The summed E-state index contributed by atoms with van der Waals surface area (Å²) in [5.41, 5.74) is 0.550. The molecule has 1 aliphatic rings.